The predicted molar refractivity (Wildman–Crippen MR) is 255 cm³/mol. The molecule has 0 aliphatic heterocycles. The Morgan fingerprint density at radius 1 is 0.394 bits per heavy atom. The van der Waals surface area contributed by atoms with Crippen LogP contribution in [0.1, 0.15) is 16.7 Å². The molecule has 0 unspecified atom stereocenters. The van der Waals surface area contributed by atoms with Gasteiger partial charge in [-0.05, 0) is 54.6 Å². The van der Waals surface area contributed by atoms with Crippen LogP contribution in [-0.2, 0) is 6.18 Å². The molecule has 310 valence electrons. The van der Waals surface area contributed by atoms with Crippen LogP contribution in [0.2, 0.25) is 0 Å². The van der Waals surface area contributed by atoms with Crippen LogP contribution in [0.4, 0.5) is 13.2 Å². The van der Waals surface area contributed by atoms with Crippen molar-refractivity contribution in [2.24, 2.45) is 0 Å². The molecule has 0 radical (unpaired) electrons. The van der Waals surface area contributed by atoms with Gasteiger partial charge < -0.3 is 18.0 Å². The average molecular weight is 859 g/mol. The summed E-state index contributed by atoms with van der Waals surface area (Å²) in [4.78, 5) is 0. The smallest absolute Gasteiger partial charge is 0.420 e. The largest absolute Gasteiger partial charge is 0.454 e. The molecule has 0 N–H and O–H groups in total. The Bertz CT molecular complexity index is 4050. The first-order chi connectivity index (χ1) is 32.3. The van der Waals surface area contributed by atoms with Crippen LogP contribution in [0.15, 0.2) is 185 Å². The minimum atomic E-state index is -5.09. The maximum Gasteiger partial charge on any atom is 0.420 e. The van der Waals surface area contributed by atoms with E-state index in [1.165, 1.54) is 0 Å². The minimum Gasteiger partial charge on any atom is -0.454 e. The third-order valence-electron chi connectivity index (χ3n) is 13.0. The first kappa shape index (κ1) is 37.5. The van der Waals surface area contributed by atoms with E-state index in [9.17, 15) is 10.5 Å². The van der Waals surface area contributed by atoms with Gasteiger partial charge in [-0.2, -0.15) is 23.7 Å². The van der Waals surface area contributed by atoms with Gasteiger partial charge in [-0.15, -0.1) is 0 Å². The highest BCUT2D eigenvalue weighted by Gasteiger charge is 2.43. The molecule has 0 amide bonds. The van der Waals surface area contributed by atoms with Gasteiger partial charge in [0.2, 0.25) is 0 Å². The van der Waals surface area contributed by atoms with Gasteiger partial charge >= 0.3 is 6.18 Å². The van der Waals surface area contributed by atoms with Crippen LogP contribution in [0.5, 0.6) is 0 Å². The van der Waals surface area contributed by atoms with Crippen molar-refractivity contribution in [3.63, 3.8) is 0 Å². The van der Waals surface area contributed by atoms with E-state index in [-0.39, 0.29) is 44.8 Å². The highest BCUT2D eigenvalue weighted by Crippen LogP contribution is 2.53. The van der Waals surface area contributed by atoms with Crippen molar-refractivity contribution in [2.45, 2.75) is 6.18 Å². The minimum absolute atomic E-state index is 0.136. The summed E-state index contributed by atoms with van der Waals surface area (Å²) in [6.45, 7) is 0. The molecular weight excluding hydrogens is 830 g/mol. The highest BCUT2D eigenvalue weighted by atomic mass is 19.4. The second kappa shape index (κ2) is 13.7. The molecule has 9 aromatic carbocycles. The standard InChI is InChI=1S/C57H29F3N4O2/c58-57(59,60)50-51(63-46-21-9-5-17-36(46)40-25-27-42-38-19-7-11-23-48(38)65-55(42)53(40)63)44(34-15-3-1-13-32(34)30-61)29-45(35-16-4-2-14-33(35)31-62)52(50)64-47-22-10-6-18-37(47)41-26-28-43-39-20-8-12-24-49(39)66-56(43)54(41)64/h1-29H. The first-order valence-corrected chi connectivity index (χ1v) is 21.3. The number of aromatic nitrogens is 2. The Labute approximate surface area is 372 Å². The SMILES string of the molecule is N#Cc1ccccc1-c1cc(-c2ccccc2C#N)c(-n2c3ccccc3c3ccc4c5ccccc5oc4c32)c(C(F)(F)F)c1-n1c2ccccc2c2ccc3c4ccccc4oc3c21. The summed E-state index contributed by atoms with van der Waals surface area (Å²) >= 11 is 0. The molecule has 9 heteroatoms. The van der Waals surface area contributed by atoms with Gasteiger partial charge in [0.1, 0.15) is 16.7 Å². The number of halogens is 3. The molecular formula is C57H29F3N4O2. The number of nitrogens with zero attached hydrogens (tertiary/aromatic N) is 4. The van der Waals surface area contributed by atoms with E-state index in [2.05, 4.69) is 12.1 Å². The van der Waals surface area contributed by atoms with Crippen molar-refractivity contribution in [3.8, 4) is 45.8 Å². The molecule has 0 bridgehead atoms. The van der Waals surface area contributed by atoms with Crippen LogP contribution in [-0.4, -0.2) is 9.13 Å². The molecule has 0 saturated carbocycles. The summed E-state index contributed by atoms with van der Waals surface area (Å²) in [6.07, 6.45) is -5.09. The number of hydrogen-bond acceptors (Lipinski definition) is 4. The van der Waals surface area contributed by atoms with E-state index in [4.69, 9.17) is 8.83 Å². The van der Waals surface area contributed by atoms with Crippen molar-refractivity contribution in [3.05, 3.63) is 193 Å². The van der Waals surface area contributed by atoms with Gasteiger partial charge in [0.05, 0.1) is 56.7 Å². The van der Waals surface area contributed by atoms with E-state index < -0.39 is 11.7 Å². The zero-order chi connectivity index (χ0) is 44.4. The van der Waals surface area contributed by atoms with E-state index in [1.54, 1.807) is 63.7 Å². The first-order valence-electron chi connectivity index (χ1n) is 21.3. The maximum absolute atomic E-state index is 17.6. The number of hydrogen-bond donors (Lipinski definition) is 0. The topological polar surface area (TPSA) is 83.7 Å². The van der Waals surface area contributed by atoms with Gasteiger partial charge in [0.25, 0.3) is 0 Å². The van der Waals surface area contributed by atoms with Gasteiger partial charge in [0.15, 0.2) is 11.2 Å². The second-order valence-electron chi connectivity index (χ2n) is 16.4. The normalized spacial score (nSPS) is 12.1. The third-order valence-corrected chi connectivity index (χ3v) is 13.0. The summed E-state index contributed by atoms with van der Waals surface area (Å²) in [6, 6.07) is 57.4. The van der Waals surface area contributed by atoms with Crippen molar-refractivity contribution < 1.29 is 22.0 Å². The lowest BCUT2D eigenvalue weighted by Gasteiger charge is -2.27. The summed E-state index contributed by atoms with van der Waals surface area (Å²) in [5, 5.41) is 27.3. The number of furan rings is 2. The number of para-hydroxylation sites is 4. The maximum atomic E-state index is 17.6. The number of alkyl halides is 3. The quantitative estimate of drug-likeness (QED) is 0.176. The van der Waals surface area contributed by atoms with Crippen LogP contribution in [0, 0.1) is 22.7 Å². The Balaban J connectivity index is 1.35. The molecule has 0 aliphatic rings. The summed E-state index contributed by atoms with van der Waals surface area (Å²) in [5.74, 6) is 0. The zero-order valence-electron chi connectivity index (χ0n) is 34.5. The molecule has 13 rings (SSSR count). The van der Waals surface area contributed by atoms with Crippen molar-refractivity contribution in [2.75, 3.05) is 0 Å². The summed E-state index contributed by atoms with van der Waals surface area (Å²) < 4.78 is 69.5. The van der Waals surface area contributed by atoms with Crippen molar-refractivity contribution in [1.29, 1.82) is 10.5 Å². The fraction of sp³-hybridized carbons (Fsp3) is 0.0175. The lowest BCUT2D eigenvalue weighted by atomic mass is 9.88. The molecule has 6 nitrogen and oxygen atoms in total. The molecule has 0 fully saturated rings. The van der Waals surface area contributed by atoms with Gasteiger partial charge in [-0.25, -0.2) is 0 Å². The fourth-order valence-electron chi connectivity index (χ4n) is 10.4. The molecule has 0 aliphatic carbocycles. The Morgan fingerprint density at radius 3 is 1.21 bits per heavy atom. The lowest BCUT2D eigenvalue weighted by Crippen LogP contribution is -2.18. The van der Waals surface area contributed by atoms with Gasteiger partial charge in [-0.3, -0.25) is 0 Å². The molecule has 4 aromatic heterocycles. The van der Waals surface area contributed by atoms with Crippen molar-refractivity contribution in [1.82, 2.24) is 9.13 Å². The number of fused-ring (bicyclic) bond motifs is 14. The second-order valence-corrected chi connectivity index (χ2v) is 16.4. The van der Waals surface area contributed by atoms with Gasteiger partial charge in [-0.1, -0.05) is 121 Å². The number of nitriles is 2. The highest BCUT2D eigenvalue weighted by molar-refractivity contribution is 6.24. The van der Waals surface area contributed by atoms with E-state index in [0.29, 0.717) is 65.9 Å². The number of rotatable bonds is 4. The fourth-order valence-corrected chi connectivity index (χ4v) is 10.4. The Hall–Kier alpha value is -9.05. The molecule has 4 heterocycles. The number of benzene rings is 9. The molecule has 66 heavy (non-hydrogen) atoms. The monoisotopic (exact) mass is 858 g/mol. The average Bonchev–Trinajstić information content (AvgIpc) is 4.11. The molecule has 0 saturated heterocycles. The zero-order valence-corrected chi connectivity index (χ0v) is 34.5. The van der Waals surface area contributed by atoms with E-state index in [1.807, 2.05) is 121 Å². The van der Waals surface area contributed by atoms with E-state index >= 15 is 13.2 Å². The van der Waals surface area contributed by atoms with Crippen LogP contribution in [0.25, 0.3) is 121 Å². The Morgan fingerprint density at radius 2 is 0.773 bits per heavy atom. The summed E-state index contributed by atoms with van der Waals surface area (Å²) in [5.41, 5.74) is 3.67. The molecule has 0 spiro atoms. The predicted octanol–water partition coefficient (Wildman–Crippen LogP) is 15.8. The van der Waals surface area contributed by atoms with E-state index in [0.717, 1.165) is 21.5 Å². The Kier molecular flexibility index (Phi) is 7.80. The van der Waals surface area contributed by atoms with Gasteiger partial charge in [0, 0.05) is 65.3 Å². The van der Waals surface area contributed by atoms with Crippen LogP contribution >= 0.6 is 0 Å². The van der Waals surface area contributed by atoms with Crippen LogP contribution in [0.3, 0.4) is 0 Å². The third kappa shape index (κ3) is 5.11. The van der Waals surface area contributed by atoms with Crippen molar-refractivity contribution >= 4 is 87.5 Å². The van der Waals surface area contributed by atoms with Crippen LogP contribution < -0.4 is 0 Å². The molecule has 13 aromatic rings. The lowest BCUT2D eigenvalue weighted by molar-refractivity contribution is -0.137. The molecule has 0 atom stereocenters. The summed E-state index contributed by atoms with van der Waals surface area (Å²) in [7, 11) is 0.